The van der Waals surface area contributed by atoms with Crippen LogP contribution in [0.5, 0.6) is 17.2 Å². The number of amides is 1. The van der Waals surface area contributed by atoms with Crippen molar-refractivity contribution in [1.82, 2.24) is 9.80 Å². The molecule has 1 aliphatic rings. The van der Waals surface area contributed by atoms with Crippen LogP contribution in [0, 0.1) is 0 Å². The Bertz CT molecular complexity index is 849. The molecule has 6 heteroatoms. The molecule has 0 fully saturated rings. The van der Waals surface area contributed by atoms with E-state index in [9.17, 15) is 4.79 Å². The van der Waals surface area contributed by atoms with E-state index in [4.69, 9.17) is 14.2 Å². The van der Waals surface area contributed by atoms with Gasteiger partial charge < -0.3 is 19.1 Å². The van der Waals surface area contributed by atoms with E-state index in [0.717, 1.165) is 30.9 Å². The van der Waals surface area contributed by atoms with Crippen LogP contribution in [0.1, 0.15) is 35.3 Å². The predicted octanol–water partition coefficient (Wildman–Crippen LogP) is 3.58. The molecular weight excluding hydrogens is 368 g/mol. The van der Waals surface area contributed by atoms with Gasteiger partial charge in [0.15, 0.2) is 11.5 Å². The summed E-state index contributed by atoms with van der Waals surface area (Å²) in [6, 6.07) is 11.6. The number of ether oxygens (including phenoxy) is 3. The third kappa shape index (κ3) is 4.82. The third-order valence-electron chi connectivity index (χ3n) is 5.32. The number of carbonyl (C=O) groups excluding carboxylic acids is 1. The third-order valence-corrected chi connectivity index (χ3v) is 5.32. The van der Waals surface area contributed by atoms with Crippen molar-refractivity contribution in [2.24, 2.45) is 0 Å². The molecule has 0 saturated carbocycles. The normalized spacial score (nSPS) is 13.5. The maximum Gasteiger partial charge on any atom is 0.254 e. The summed E-state index contributed by atoms with van der Waals surface area (Å²) in [4.78, 5) is 17.3. The second-order valence-electron chi connectivity index (χ2n) is 7.05. The highest BCUT2D eigenvalue weighted by Gasteiger charge is 2.22. The van der Waals surface area contributed by atoms with Crippen LogP contribution in [0.2, 0.25) is 0 Å². The number of hydrogen-bond acceptors (Lipinski definition) is 5. The van der Waals surface area contributed by atoms with Crippen LogP contribution in [0.4, 0.5) is 0 Å². The molecule has 3 rings (SSSR count). The SMILES string of the molecule is CCN(CC)Cc1ccc2c(c1)CN(C(=O)c1ccc(OC)c(OC)c1)CCO2. The average Bonchev–Trinajstić information content (AvgIpc) is 2.98. The highest BCUT2D eigenvalue weighted by molar-refractivity contribution is 5.95. The van der Waals surface area contributed by atoms with Gasteiger partial charge in [0.1, 0.15) is 12.4 Å². The lowest BCUT2D eigenvalue weighted by Gasteiger charge is -2.21. The van der Waals surface area contributed by atoms with Crippen molar-refractivity contribution in [2.75, 3.05) is 40.5 Å². The van der Waals surface area contributed by atoms with Gasteiger partial charge in [0.2, 0.25) is 0 Å². The Morgan fingerprint density at radius 2 is 1.83 bits per heavy atom. The maximum atomic E-state index is 13.2. The summed E-state index contributed by atoms with van der Waals surface area (Å²) in [5.74, 6) is 1.97. The van der Waals surface area contributed by atoms with Gasteiger partial charge in [-0.15, -0.1) is 0 Å². The van der Waals surface area contributed by atoms with E-state index in [-0.39, 0.29) is 5.91 Å². The molecule has 29 heavy (non-hydrogen) atoms. The second kappa shape index (κ2) is 9.65. The van der Waals surface area contributed by atoms with Crippen molar-refractivity contribution < 1.29 is 19.0 Å². The Kier molecular flexibility index (Phi) is 6.99. The lowest BCUT2D eigenvalue weighted by molar-refractivity contribution is 0.0733. The van der Waals surface area contributed by atoms with Crippen molar-refractivity contribution >= 4 is 5.91 Å². The number of hydrogen-bond donors (Lipinski definition) is 0. The smallest absolute Gasteiger partial charge is 0.254 e. The largest absolute Gasteiger partial charge is 0.493 e. The zero-order valence-corrected chi connectivity index (χ0v) is 17.7. The zero-order valence-electron chi connectivity index (χ0n) is 17.7. The average molecular weight is 399 g/mol. The van der Waals surface area contributed by atoms with Crippen LogP contribution < -0.4 is 14.2 Å². The minimum absolute atomic E-state index is 0.0449. The van der Waals surface area contributed by atoms with Gasteiger partial charge >= 0.3 is 0 Å². The summed E-state index contributed by atoms with van der Waals surface area (Å²) < 4.78 is 16.5. The van der Waals surface area contributed by atoms with Gasteiger partial charge in [-0.05, 0) is 49.0 Å². The van der Waals surface area contributed by atoms with E-state index in [0.29, 0.717) is 36.8 Å². The van der Waals surface area contributed by atoms with E-state index in [1.54, 1.807) is 32.4 Å². The van der Waals surface area contributed by atoms with E-state index >= 15 is 0 Å². The Balaban J connectivity index is 1.82. The van der Waals surface area contributed by atoms with Crippen LogP contribution in [0.25, 0.3) is 0 Å². The fourth-order valence-corrected chi connectivity index (χ4v) is 3.58. The van der Waals surface area contributed by atoms with Crippen molar-refractivity contribution in [1.29, 1.82) is 0 Å². The minimum Gasteiger partial charge on any atom is -0.493 e. The monoisotopic (exact) mass is 398 g/mol. The van der Waals surface area contributed by atoms with Crippen LogP contribution in [-0.2, 0) is 13.1 Å². The molecule has 1 aliphatic heterocycles. The van der Waals surface area contributed by atoms with Gasteiger partial charge in [-0.25, -0.2) is 0 Å². The predicted molar refractivity (Wildman–Crippen MR) is 113 cm³/mol. The Labute approximate surface area is 173 Å². The lowest BCUT2D eigenvalue weighted by atomic mass is 10.1. The molecule has 0 aliphatic carbocycles. The summed E-state index contributed by atoms with van der Waals surface area (Å²) >= 11 is 0. The number of benzene rings is 2. The van der Waals surface area contributed by atoms with Crippen LogP contribution >= 0.6 is 0 Å². The Morgan fingerprint density at radius 1 is 1.07 bits per heavy atom. The molecule has 156 valence electrons. The van der Waals surface area contributed by atoms with Crippen molar-refractivity contribution in [3.63, 3.8) is 0 Å². The zero-order chi connectivity index (χ0) is 20.8. The molecule has 0 N–H and O–H groups in total. The van der Waals surface area contributed by atoms with Crippen LogP contribution in [-0.4, -0.2) is 56.2 Å². The summed E-state index contributed by atoms with van der Waals surface area (Å²) in [6.07, 6.45) is 0. The molecule has 0 spiro atoms. The number of rotatable bonds is 7. The van der Waals surface area contributed by atoms with Gasteiger partial charge in [-0.1, -0.05) is 19.9 Å². The first kappa shape index (κ1) is 21.0. The number of carbonyl (C=O) groups is 1. The van der Waals surface area contributed by atoms with Crippen molar-refractivity contribution in [3.8, 4) is 17.2 Å². The van der Waals surface area contributed by atoms with E-state index < -0.39 is 0 Å². The van der Waals surface area contributed by atoms with Crippen molar-refractivity contribution in [2.45, 2.75) is 26.9 Å². The molecule has 0 aromatic heterocycles. The Hall–Kier alpha value is -2.73. The van der Waals surface area contributed by atoms with E-state index in [1.165, 1.54) is 5.56 Å². The standard InChI is InChI=1S/C23H30N2O4/c1-5-24(6-2)15-17-7-9-20-19(13-17)16-25(11-12-29-20)23(26)18-8-10-21(27-3)22(14-18)28-4/h7-10,13-14H,5-6,11-12,15-16H2,1-4H3. The summed E-state index contributed by atoms with van der Waals surface area (Å²) in [7, 11) is 3.15. The fraction of sp³-hybridized carbons (Fsp3) is 0.435. The van der Waals surface area contributed by atoms with Crippen molar-refractivity contribution in [3.05, 3.63) is 53.1 Å². The first-order valence-corrected chi connectivity index (χ1v) is 10.1. The molecule has 0 radical (unpaired) electrons. The second-order valence-corrected chi connectivity index (χ2v) is 7.05. The lowest BCUT2D eigenvalue weighted by Crippen LogP contribution is -2.32. The summed E-state index contributed by atoms with van der Waals surface area (Å²) in [5, 5.41) is 0. The maximum absolute atomic E-state index is 13.2. The topological polar surface area (TPSA) is 51.2 Å². The number of fused-ring (bicyclic) bond motifs is 1. The Morgan fingerprint density at radius 3 is 2.52 bits per heavy atom. The molecule has 1 heterocycles. The minimum atomic E-state index is -0.0449. The van der Waals surface area contributed by atoms with Gasteiger partial charge in [0.05, 0.1) is 20.8 Å². The summed E-state index contributed by atoms with van der Waals surface area (Å²) in [5.41, 5.74) is 2.85. The fourth-order valence-electron chi connectivity index (χ4n) is 3.58. The number of nitrogens with zero attached hydrogens (tertiary/aromatic N) is 2. The first-order valence-electron chi connectivity index (χ1n) is 10.1. The molecule has 6 nitrogen and oxygen atoms in total. The van der Waals surface area contributed by atoms with Gasteiger partial charge in [0.25, 0.3) is 5.91 Å². The van der Waals surface area contributed by atoms with E-state index in [2.05, 4.69) is 30.9 Å². The molecular formula is C23H30N2O4. The van der Waals surface area contributed by atoms with E-state index in [1.807, 2.05) is 11.0 Å². The summed E-state index contributed by atoms with van der Waals surface area (Å²) in [6.45, 7) is 8.77. The molecule has 2 aromatic carbocycles. The molecule has 0 atom stereocenters. The quantitative estimate of drug-likeness (QED) is 0.714. The molecule has 0 saturated heterocycles. The number of methoxy groups -OCH3 is 2. The van der Waals surface area contributed by atoms with Gasteiger partial charge in [-0.3, -0.25) is 9.69 Å². The van der Waals surface area contributed by atoms with Gasteiger partial charge in [-0.2, -0.15) is 0 Å². The molecule has 0 bridgehead atoms. The van der Waals surface area contributed by atoms with Crippen LogP contribution in [0.15, 0.2) is 36.4 Å². The van der Waals surface area contributed by atoms with Gasteiger partial charge in [0, 0.05) is 24.2 Å². The highest BCUT2D eigenvalue weighted by atomic mass is 16.5. The highest BCUT2D eigenvalue weighted by Crippen LogP contribution is 2.30. The van der Waals surface area contributed by atoms with Crippen LogP contribution in [0.3, 0.4) is 0 Å². The molecule has 0 unspecified atom stereocenters. The molecule has 1 amide bonds. The molecule has 2 aromatic rings. The first-order chi connectivity index (χ1) is 14.1.